The van der Waals surface area contributed by atoms with Crippen molar-refractivity contribution in [2.75, 3.05) is 13.6 Å². The Kier molecular flexibility index (Phi) is 4.04. The third-order valence-electron chi connectivity index (χ3n) is 5.00. The molecule has 3 rings (SSSR count). The van der Waals surface area contributed by atoms with Gasteiger partial charge in [0.1, 0.15) is 5.82 Å². The van der Waals surface area contributed by atoms with E-state index in [2.05, 4.69) is 9.88 Å². The first-order valence-corrected chi connectivity index (χ1v) is 8.03. The summed E-state index contributed by atoms with van der Waals surface area (Å²) in [6.45, 7) is 3.66. The zero-order valence-corrected chi connectivity index (χ0v) is 13.6. The molecule has 0 unspecified atom stereocenters. The van der Waals surface area contributed by atoms with Gasteiger partial charge in [-0.25, -0.2) is 4.98 Å². The lowest BCUT2D eigenvalue weighted by Gasteiger charge is -2.28. The number of rotatable bonds is 1. The Morgan fingerprint density at radius 1 is 1.18 bits per heavy atom. The zero-order chi connectivity index (χ0) is 15.9. The first kappa shape index (κ1) is 15.2. The summed E-state index contributed by atoms with van der Waals surface area (Å²) >= 11 is 0. The van der Waals surface area contributed by atoms with Crippen molar-refractivity contribution in [3.63, 3.8) is 0 Å². The maximum absolute atomic E-state index is 12.9. The second-order valence-electron chi connectivity index (χ2n) is 6.49. The molecule has 3 heterocycles. The van der Waals surface area contributed by atoms with Gasteiger partial charge >= 0.3 is 0 Å². The van der Waals surface area contributed by atoms with Crippen molar-refractivity contribution in [3.8, 4) is 0 Å². The average molecular weight is 304 g/mol. The Balaban J connectivity index is 1.82. The molecule has 0 radical (unpaired) electrons. The van der Waals surface area contributed by atoms with Crippen molar-refractivity contribution in [3.05, 3.63) is 27.4 Å². The van der Waals surface area contributed by atoms with E-state index in [1.165, 1.54) is 6.42 Å². The van der Waals surface area contributed by atoms with E-state index in [1.54, 1.807) is 16.5 Å². The molecular weight excluding hydrogens is 280 g/mol. The van der Waals surface area contributed by atoms with Gasteiger partial charge in [-0.3, -0.25) is 19.1 Å². The molecule has 1 amide bonds. The van der Waals surface area contributed by atoms with Gasteiger partial charge in [0.05, 0.1) is 30.4 Å². The van der Waals surface area contributed by atoms with Crippen molar-refractivity contribution in [1.82, 2.24) is 19.4 Å². The summed E-state index contributed by atoms with van der Waals surface area (Å²) in [6.07, 6.45) is 4.35. The van der Waals surface area contributed by atoms with Crippen molar-refractivity contribution < 1.29 is 4.79 Å². The fraction of sp³-hybridized carbons (Fsp3) is 0.688. The van der Waals surface area contributed by atoms with Crippen molar-refractivity contribution >= 4 is 5.91 Å². The van der Waals surface area contributed by atoms with Gasteiger partial charge in [0.15, 0.2) is 0 Å². The zero-order valence-electron chi connectivity index (χ0n) is 13.6. The highest BCUT2D eigenvalue weighted by atomic mass is 16.2. The number of hydrogen-bond donors (Lipinski definition) is 0. The van der Waals surface area contributed by atoms with Gasteiger partial charge in [0, 0.05) is 7.05 Å². The molecule has 6 heteroatoms. The minimum atomic E-state index is -0.0539. The molecule has 0 aromatic carbocycles. The molecule has 0 N–H and O–H groups in total. The molecular formula is C16H24N4O2. The molecule has 2 aliphatic heterocycles. The van der Waals surface area contributed by atoms with Crippen LogP contribution in [0, 0.1) is 6.92 Å². The Morgan fingerprint density at radius 3 is 2.73 bits per heavy atom. The van der Waals surface area contributed by atoms with E-state index in [-0.39, 0.29) is 17.5 Å². The smallest absolute Gasteiger partial charge is 0.258 e. The van der Waals surface area contributed by atoms with E-state index in [0.717, 1.165) is 31.5 Å². The van der Waals surface area contributed by atoms with E-state index in [0.29, 0.717) is 24.5 Å². The summed E-state index contributed by atoms with van der Waals surface area (Å²) in [6, 6.07) is -0.0539. The number of amides is 1. The predicted octanol–water partition coefficient (Wildman–Crippen LogP) is 0.805. The standard InChI is InChI=1S/C16H24N4O2/c1-11-17-13-10-20(9-12(13)15(21)19(11)3)16(22)14-7-5-4-6-8-18(14)2/h14H,4-10H2,1-3H3/t14-/m0/s1. The lowest BCUT2D eigenvalue weighted by Crippen LogP contribution is -2.45. The van der Waals surface area contributed by atoms with Crippen LogP contribution in [-0.2, 0) is 24.9 Å². The normalized spacial score (nSPS) is 22.5. The quantitative estimate of drug-likeness (QED) is 0.770. The number of nitrogens with zero attached hydrogens (tertiary/aromatic N) is 4. The molecule has 22 heavy (non-hydrogen) atoms. The van der Waals surface area contributed by atoms with Gasteiger partial charge in [-0.1, -0.05) is 12.8 Å². The largest absolute Gasteiger partial charge is 0.331 e. The summed E-state index contributed by atoms with van der Waals surface area (Å²) in [5.41, 5.74) is 1.43. The summed E-state index contributed by atoms with van der Waals surface area (Å²) in [4.78, 5) is 33.6. The number of likely N-dealkylation sites (tertiary alicyclic amines) is 1. The highest BCUT2D eigenvalue weighted by molar-refractivity contribution is 5.82. The topological polar surface area (TPSA) is 58.4 Å². The maximum Gasteiger partial charge on any atom is 0.258 e. The molecule has 6 nitrogen and oxygen atoms in total. The molecule has 1 aromatic rings. The third-order valence-corrected chi connectivity index (χ3v) is 5.00. The third kappa shape index (κ3) is 2.56. The second kappa shape index (κ2) is 5.83. The van der Waals surface area contributed by atoms with Gasteiger partial charge in [-0.05, 0) is 33.4 Å². The molecule has 1 aromatic heterocycles. The Morgan fingerprint density at radius 2 is 1.95 bits per heavy atom. The Hall–Kier alpha value is -1.69. The number of aryl methyl sites for hydroxylation is 1. The van der Waals surface area contributed by atoms with E-state index in [1.807, 2.05) is 14.0 Å². The number of carbonyl (C=O) groups excluding carboxylic acids is 1. The number of aromatic nitrogens is 2. The first-order valence-electron chi connectivity index (χ1n) is 8.03. The van der Waals surface area contributed by atoms with Crippen molar-refractivity contribution in [2.24, 2.45) is 7.05 Å². The second-order valence-corrected chi connectivity index (χ2v) is 6.49. The molecule has 0 bridgehead atoms. The van der Waals surface area contributed by atoms with Crippen LogP contribution in [0.15, 0.2) is 4.79 Å². The number of hydrogen-bond acceptors (Lipinski definition) is 4. The summed E-state index contributed by atoms with van der Waals surface area (Å²) in [7, 11) is 3.76. The van der Waals surface area contributed by atoms with E-state index >= 15 is 0 Å². The van der Waals surface area contributed by atoms with Crippen LogP contribution in [0.3, 0.4) is 0 Å². The van der Waals surface area contributed by atoms with Crippen LogP contribution in [0.2, 0.25) is 0 Å². The summed E-state index contributed by atoms with van der Waals surface area (Å²) in [5.74, 6) is 0.840. The van der Waals surface area contributed by atoms with Crippen LogP contribution in [0.25, 0.3) is 0 Å². The van der Waals surface area contributed by atoms with Crippen molar-refractivity contribution in [1.29, 1.82) is 0 Å². The van der Waals surface area contributed by atoms with Crippen LogP contribution in [0.5, 0.6) is 0 Å². The molecule has 0 aliphatic carbocycles. The van der Waals surface area contributed by atoms with Crippen LogP contribution in [0.4, 0.5) is 0 Å². The minimum Gasteiger partial charge on any atom is -0.331 e. The van der Waals surface area contributed by atoms with E-state index < -0.39 is 0 Å². The molecule has 120 valence electrons. The lowest BCUT2D eigenvalue weighted by atomic mass is 10.1. The van der Waals surface area contributed by atoms with Gasteiger partial charge < -0.3 is 4.90 Å². The molecule has 1 atom stereocenters. The first-order chi connectivity index (χ1) is 10.5. The Bertz CT molecular complexity index is 652. The van der Waals surface area contributed by atoms with Gasteiger partial charge in [-0.15, -0.1) is 0 Å². The predicted molar refractivity (Wildman–Crippen MR) is 83.4 cm³/mol. The average Bonchev–Trinajstić information content (AvgIpc) is 2.80. The fourth-order valence-electron chi connectivity index (χ4n) is 3.46. The number of fused-ring (bicyclic) bond motifs is 1. The summed E-state index contributed by atoms with van der Waals surface area (Å²) < 4.78 is 1.56. The summed E-state index contributed by atoms with van der Waals surface area (Å²) in [5, 5.41) is 0. The molecule has 0 saturated carbocycles. The fourth-order valence-corrected chi connectivity index (χ4v) is 3.46. The molecule has 1 saturated heterocycles. The molecule has 2 aliphatic rings. The van der Waals surface area contributed by atoms with Crippen molar-refractivity contribution in [2.45, 2.75) is 51.7 Å². The monoisotopic (exact) mass is 304 g/mol. The van der Waals surface area contributed by atoms with Crippen LogP contribution >= 0.6 is 0 Å². The number of likely N-dealkylation sites (N-methyl/N-ethyl adjacent to an activating group) is 1. The maximum atomic E-state index is 12.9. The van der Waals surface area contributed by atoms with Gasteiger partial charge in [0.25, 0.3) is 5.56 Å². The van der Waals surface area contributed by atoms with Crippen LogP contribution in [-0.4, -0.2) is 44.9 Å². The lowest BCUT2D eigenvalue weighted by molar-refractivity contribution is -0.137. The van der Waals surface area contributed by atoms with E-state index in [9.17, 15) is 9.59 Å². The van der Waals surface area contributed by atoms with E-state index in [4.69, 9.17) is 0 Å². The molecule has 1 fully saturated rings. The SMILES string of the molecule is Cc1nc2c(c(=O)n1C)CN(C(=O)[C@@H]1CCCCCN1C)C2. The highest BCUT2D eigenvalue weighted by Gasteiger charge is 2.34. The van der Waals surface area contributed by atoms with Gasteiger partial charge in [-0.2, -0.15) is 0 Å². The number of carbonyl (C=O) groups is 1. The van der Waals surface area contributed by atoms with Crippen LogP contribution < -0.4 is 5.56 Å². The van der Waals surface area contributed by atoms with Crippen LogP contribution in [0.1, 0.15) is 42.8 Å². The Labute approximate surface area is 130 Å². The molecule has 0 spiro atoms. The minimum absolute atomic E-state index is 0.0213. The van der Waals surface area contributed by atoms with Gasteiger partial charge in [0.2, 0.25) is 5.91 Å². The highest BCUT2D eigenvalue weighted by Crippen LogP contribution is 2.23.